The number of aryl methyl sites for hydroxylation is 2. The van der Waals surface area contributed by atoms with Gasteiger partial charge in [-0.25, -0.2) is 9.97 Å². The van der Waals surface area contributed by atoms with Crippen LogP contribution in [-0.2, 0) is 4.79 Å². The molecule has 27 heavy (non-hydrogen) atoms. The number of thioether (sulfide) groups is 1. The molecule has 0 bridgehead atoms. The molecule has 3 rings (SSSR count). The highest BCUT2D eigenvalue weighted by Crippen LogP contribution is 2.23. The van der Waals surface area contributed by atoms with E-state index >= 15 is 0 Å². The summed E-state index contributed by atoms with van der Waals surface area (Å²) in [7, 11) is 0. The molecule has 1 heterocycles. The molecule has 2 aromatic carbocycles. The van der Waals surface area contributed by atoms with Crippen molar-refractivity contribution in [1.82, 2.24) is 9.97 Å². The molecule has 0 saturated carbocycles. The molecule has 0 radical (unpaired) electrons. The van der Waals surface area contributed by atoms with Crippen LogP contribution in [0.25, 0.3) is 0 Å². The van der Waals surface area contributed by atoms with E-state index in [1.54, 1.807) is 0 Å². The lowest BCUT2D eigenvalue weighted by Gasteiger charge is -2.09. The second-order valence-corrected chi connectivity index (χ2v) is 7.02. The summed E-state index contributed by atoms with van der Waals surface area (Å²) >= 11 is 1.33. The summed E-state index contributed by atoms with van der Waals surface area (Å²) in [6.45, 7) is 5.90. The van der Waals surface area contributed by atoms with Gasteiger partial charge in [0.1, 0.15) is 11.5 Å². The zero-order valence-electron chi connectivity index (χ0n) is 15.5. The highest BCUT2D eigenvalue weighted by atomic mass is 32.2. The Balaban J connectivity index is 1.53. The van der Waals surface area contributed by atoms with E-state index in [0.29, 0.717) is 10.9 Å². The summed E-state index contributed by atoms with van der Waals surface area (Å²) < 4.78 is 5.74. The first-order chi connectivity index (χ1) is 13.0. The van der Waals surface area contributed by atoms with E-state index in [9.17, 15) is 4.79 Å². The van der Waals surface area contributed by atoms with Crippen molar-refractivity contribution < 1.29 is 9.53 Å². The largest absolute Gasteiger partial charge is 0.457 e. The van der Waals surface area contributed by atoms with Gasteiger partial charge in [-0.2, -0.15) is 0 Å². The number of para-hydroxylation sites is 1. The summed E-state index contributed by atoms with van der Waals surface area (Å²) in [5.41, 5.74) is 3.69. The second-order valence-electron chi connectivity index (χ2n) is 6.08. The SMILES string of the molecule is Cc1nc(SCC(=O)Nc2ccc(Oc3ccccc3)cc2)nc(C)c1C. The summed E-state index contributed by atoms with van der Waals surface area (Å²) in [5.74, 6) is 1.64. The molecule has 0 unspecified atom stereocenters. The first-order valence-corrected chi connectivity index (χ1v) is 9.57. The Morgan fingerprint density at radius 1 is 0.926 bits per heavy atom. The number of ether oxygens (including phenoxy) is 1. The minimum atomic E-state index is -0.101. The van der Waals surface area contributed by atoms with Crippen LogP contribution in [0.5, 0.6) is 11.5 Å². The molecule has 0 fully saturated rings. The number of carbonyl (C=O) groups excluding carboxylic acids is 1. The average molecular weight is 379 g/mol. The van der Waals surface area contributed by atoms with Gasteiger partial charge in [-0.15, -0.1) is 0 Å². The molecular formula is C21H21N3O2S. The number of anilines is 1. The lowest BCUT2D eigenvalue weighted by molar-refractivity contribution is -0.113. The number of amides is 1. The van der Waals surface area contributed by atoms with Crippen molar-refractivity contribution in [3.8, 4) is 11.5 Å². The zero-order chi connectivity index (χ0) is 19.2. The van der Waals surface area contributed by atoms with Gasteiger partial charge in [0.05, 0.1) is 5.75 Å². The number of nitrogens with zero attached hydrogens (tertiary/aromatic N) is 2. The van der Waals surface area contributed by atoms with Crippen molar-refractivity contribution in [3.05, 3.63) is 71.5 Å². The Labute approximate surface area is 163 Å². The van der Waals surface area contributed by atoms with E-state index < -0.39 is 0 Å². The van der Waals surface area contributed by atoms with E-state index in [1.165, 1.54) is 11.8 Å². The quantitative estimate of drug-likeness (QED) is 0.486. The van der Waals surface area contributed by atoms with Crippen LogP contribution in [0.1, 0.15) is 17.0 Å². The van der Waals surface area contributed by atoms with Gasteiger partial charge in [-0.05, 0) is 62.7 Å². The standard InChI is InChI=1S/C21H21N3O2S/c1-14-15(2)22-21(23-16(14)3)27-13-20(25)24-17-9-11-19(12-10-17)26-18-7-5-4-6-8-18/h4-12H,13H2,1-3H3,(H,24,25). The number of hydrogen-bond acceptors (Lipinski definition) is 5. The average Bonchev–Trinajstić information content (AvgIpc) is 2.67. The van der Waals surface area contributed by atoms with E-state index in [2.05, 4.69) is 15.3 Å². The topological polar surface area (TPSA) is 64.1 Å². The van der Waals surface area contributed by atoms with Gasteiger partial charge in [-0.3, -0.25) is 4.79 Å². The monoisotopic (exact) mass is 379 g/mol. The van der Waals surface area contributed by atoms with Crippen molar-refractivity contribution in [2.45, 2.75) is 25.9 Å². The van der Waals surface area contributed by atoms with Crippen molar-refractivity contribution in [2.24, 2.45) is 0 Å². The Hall–Kier alpha value is -2.86. The maximum absolute atomic E-state index is 12.2. The molecule has 0 aliphatic carbocycles. The van der Waals surface area contributed by atoms with Crippen molar-refractivity contribution in [2.75, 3.05) is 11.1 Å². The number of hydrogen-bond donors (Lipinski definition) is 1. The maximum Gasteiger partial charge on any atom is 0.234 e. The molecule has 0 aliphatic rings. The lowest BCUT2D eigenvalue weighted by atomic mass is 10.2. The van der Waals surface area contributed by atoms with E-state index in [-0.39, 0.29) is 11.7 Å². The normalized spacial score (nSPS) is 10.5. The molecule has 1 amide bonds. The molecule has 0 spiro atoms. The maximum atomic E-state index is 12.2. The summed E-state index contributed by atoms with van der Waals surface area (Å²) in [5, 5.41) is 3.50. The van der Waals surface area contributed by atoms with Crippen LogP contribution in [0.4, 0.5) is 5.69 Å². The predicted octanol–water partition coefficient (Wildman–Crippen LogP) is 4.92. The van der Waals surface area contributed by atoms with Crippen LogP contribution in [0.2, 0.25) is 0 Å². The van der Waals surface area contributed by atoms with Crippen molar-refractivity contribution in [3.63, 3.8) is 0 Å². The van der Waals surface area contributed by atoms with Gasteiger partial charge in [0.25, 0.3) is 0 Å². The van der Waals surface area contributed by atoms with Gasteiger partial charge < -0.3 is 10.1 Å². The Kier molecular flexibility index (Phi) is 6.08. The van der Waals surface area contributed by atoms with Crippen molar-refractivity contribution in [1.29, 1.82) is 0 Å². The molecule has 138 valence electrons. The van der Waals surface area contributed by atoms with E-state index in [0.717, 1.165) is 28.4 Å². The molecule has 0 atom stereocenters. The third-order valence-corrected chi connectivity index (χ3v) is 4.91. The second kappa shape index (κ2) is 8.68. The smallest absolute Gasteiger partial charge is 0.234 e. The fourth-order valence-corrected chi connectivity index (χ4v) is 3.10. The Morgan fingerprint density at radius 3 is 2.15 bits per heavy atom. The highest BCUT2D eigenvalue weighted by Gasteiger charge is 2.09. The Morgan fingerprint density at radius 2 is 1.52 bits per heavy atom. The first-order valence-electron chi connectivity index (χ1n) is 8.59. The zero-order valence-corrected chi connectivity index (χ0v) is 16.3. The molecule has 1 N–H and O–H groups in total. The number of aromatic nitrogens is 2. The van der Waals surface area contributed by atoms with Gasteiger partial charge in [0, 0.05) is 17.1 Å². The van der Waals surface area contributed by atoms with Crippen LogP contribution in [-0.4, -0.2) is 21.6 Å². The van der Waals surface area contributed by atoms with E-state index in [4.69, 9.17) is 4.74 Å². The van der Waals surface area contributed by atoms with Gasteiger partial charge in [-0.1, -0.05) is 30.0 Å². The number of carbonyl (C=O) groups is 1. The third kappa shape index (κ3) is 5.31. The molecule has 1 aromatic heterocycles. The van der Waals surface area contributed by atoms with Gasteiger partial charge >= 0.3 is 0 Å². The minimum Gasteiger partial charge on any atom is -0.457 e. The third-order valence-electron chi connectivity index (χ3n) is 4.06. The molecule has 6 heteroatoms. The summed E-state index contributed by atoms with van der Waals surface area (Å²) in [6.07, 6.45) is 0. The lowest BCUT2D eigenvalue weighted by Crippen LogP contribution is -2.14. The molecule has 0 aliphatic heterocycles. The Bertz CT molecular complexity index is 905. The molecule has 3 aromatic rings. The number of rotatable bonds is 6. The summed E-state index contributed by atoms with van der Waals surface area (Å²) in [6, 6.07) is 16.8. The van der Waals surface area contributed by atoms with Crippen LogP contribution >= 0.6 is 11.8 Å². The molecule has 5 nitrogen and oxygen atoms in total. The number of nitrogens with one attached hydrogen (secondary N) is 1. The highest BCUT2D eigenvalue weighted by molar-refractivity contribution is 7.99. The van der Waals surface area contributed by atoms with Crippen molar-refractivity contribution >= 4 is 23.4 Å². The fourth-order valence-electron chi connectivity index (χ4n) is 2.36. The van der Waals surface area contributed by atoms with Crippen LogP contribution in [0.15, 0.2) is 59.8 Å². The molecular weight excluding hydrogens is 358 g/mol. The minimum absolute atomic E-state index is 0.101. The fraction of sp³-hybridized carbons (Fsp3) is 0.190. The van der Waals surface area contributed by atoms with Crippen LogP contribution in [0, 0.1) is 20.8 Å². The van der Waals surface area contributed by atoms with Crippen LogP contribution in [0.3, 0.4) is 0 Å². The van der Waals surface area contributed by atoms with Gasteiger partial charge in [0.15, 0.2) is 5.16 Å². The number of benzene rings is 2. The summed E-state index contributed by atoms with van der Waals surface area (Å²) in [4.78, 5) is 21.0. The first kappa shape index (κ1) is 18.9. The van der Waals surface area contributed by atoms with E-state index in [1.807, 2.05) is 75.4 Å². The van der Waals surface area contributed by atoms with Gasteiger partial charge in [0.2, 0.25) is 5.91 Å². The molecule has 0 saturated heterocycles. The van der Waals surface area contributed by atoms with Crippen LogP contribution < -0.4 is 10.1 Å². The predicted molar refractivity (Wildman–Crippen MR) is 109 cm³/mol.